The normalized spacial score (nSPS) is 27.1. The first-order chi connectivity index (χ1) is 10.2. The van der Waals surface area contributed by atoms with Gasteiger partial charge in [0.1, 0.15) is 6.10 Å². The molecule has 0 bridgehead atoms. The summed E-state index contributed by atoms with van der Waals surface area (Å²) in [6, 6.07) is 8.11. The fraction of sp³-hybridized carbons (Fsp3) is 0.526. The second-order valence-corrected chi connectivity index (χ2v) is 6.55. The minimum absolute atomic E-state index is 0.0330. The second kappa shape index (κ2) is 6.05. The van der Waals surface area contributed by atoms with E-state index in [1.54, 1.807) is 6.26 Å². The Morgan fingerprint density at radius 1 is 1.05 bits per heavy atom. The maximum absolute atomic E-state index is 12.7. The van der Waals surface area contributed by atoms with E-state index in [0.717, 1.165) is 11.1 Å². The molecule has 2 nitrogen and oxygen atoms in total. The molecule has 0 N–H and O–H groups in total. The third kappa shape index (κ3) is 2.90. The van der Waals surface area contributed by atoms with Crippen molar-refractivity contribution in [2.75, 3.05) is 0 Å². The van der Waals surface area contributed by atoms with Gasteiger partial charge in [-0.3, -0.25) is 4.79 Å². The Morgan fingerprint density at radius 3 is 2.38 bits per heavy atom. The summed E-state index contributed by atoms with van der Waals surface area (Å²) in [5, 5.41) is 0. The van der Waals surface area contributed by atoms with Crippen LogP contribution in [0.1, 0.15) is 50.2 Å². The van der Waals surface area contributed by atoms with Crippen molar-refractivity contribution >= 4 is 11.4 Å². The Kier molecular flexibility index (Phi) is 4.14. The zero-order chi connectivity index (χ0) is 14.8. The van der Waals surface area contributed by atoms with E-state index >= 15 is 0 Å². The molecule has 2 aliphatic rings. The van der Waals surface area contributed by atoms with Crippen LogP contribution in [0.15, 0.2) is 30.5 Å². The Balaban J connectivity index is 1.80. The van der Waals surface area contributed by atoms with Gasteiger partial charge in [-0.25, -0.2) is 0 Å². The Bertz CT molecular complexity index is 535. The molecule has 2 atom stereocenters. The number of benzene rings is 1. The summed E-state index contributed by atoms with van der Waals surface area (Å²) in [5.41, 5.74) is 2.91. The minimum atomic E-state index is -0.0330. The highest BCUT2D eigenvalue weighted by Crippen LogP contribution is 2.36. The smallest absolute Gasteiger partial charge is 0.173 e. The van der Waals surface area contributed by atoms with Gasteiger partial charge in [-0.15, -0.1) is 0 Å². The Morgan fingerprint density at radius 2 is 1.71 bits per heavy atom. The highest BCUT2D eigenvalue weighted by molar-refractivity contribution is 6.22. The zero-order valence-electron chi connectivity index (χ0n) is 13.0. The van der Waals surface area contributed by atoms with Crippen LogP contribution in [0.4, 0.5) is 0 Å². The Hall–Kier alpha value is -1.57. The molecule has 2 heteroatoms. The van der Waals surface area contributed by atoms with Crippen molar-refractivity contribution in [3.8, 4) is 0 Å². The van der Waals surface area contributed by atoms with E-state index in [1.807, 2.05) is 31.2 Å². The third-order valence-electron chi connectivity index (χ3n) is 4.99. The summed E-state index contributed by atoms with van der Waals surface area (Å²) in [6.07, 6.45) is 8.08. The van der Waals surface area contributed by atoms with Crippen molar-refractivity contribution in [2.24, 2.45) is 11.8 Å². The molecule has 1 aromatic carbocycles. The molecule has 1 saturated carbocycles. The number of allylic oxidation sites excluding steroid dienone is 1. The third-order valence-corrected chi connectivity index (χ3v) is 4.99. The number of carbonyl (C=O) groups excluding carboxylic acids is 1. The molecule has 0 saturated heterocycles. The fourth-order valence-corrected chi connectivity index (χ4v) is 3.64. The van der Waals surface area contributed by atoms with Crippen molar-refractivity contribution < 1.29 is 9.53 Å². The van der Waals surface area contributed by atoms with Gasteiger partial charge in [0.25, 0.3) is 0 Å². The first kappa shape index (κ1) is 14.4. The van der Waals surface area contributed by atoms with E-state index < -0.39 is 0 Å². The predicted molar refractivity (Wildman–Crippen MR) is 84.8 cm³/mol. The van der Waals surface area contributed by atoms with Gasteiger partial charge in [0.05, 0.1) is 17.8 Å². The van der Waals surface area contributed by atoms with E-state index in [9.17, 15) is 4.79 Å². The van der Waals surface area contributed by atoms with Crippen molar-refractivity contribution in [1.82, 2.24) is 0 Å². The quantitative estimate of drug-likeness (QED) is 0.798. The monoisotopic (exact) mass is 284 g/mol. The Labute approximate surface area is 127 Å². The predicted octanol–water partition coefficient (Wildman–Crippen LogP) is 4.52. The number of aryl methyl sites for hydroxylation is 1. The SMILES string of the molecule is Cc1ccc(C2=CO[C@H](C3CCCCC3)[C@H](C)C2=O)cc1. The van der Waals surface area contributed by atoms with Crippen molar-refractivity contribution in [3.05, 3.63) is 41.7 Å². The minimum Gasteiger partial charge on any atom is -0.496 e. The molecular formula is C19H24O2. The molecule has 0 aromatic heterocycles. The maximum atomic E-state index is 12.7. The van der Waals surface area contributed by atoms with Crippen molar-refractivity contribution in [2.45, 2.75) is 52.1 Å². The van der Waals surface area contributed by atoms with Gasteiger partial charge in [0.15, 0.2) is 5.78 Å². The molecule has 3 rings (SSSR count). The molecule has 1 heterocycles. The lowest BCUT2D eigenvalue weighted by Gasteiger charge is -2.36. The van der Waals surface area contributed by atoms with Crippen LogP contribution in [0.2, 0.25) is 0 Å². The summed E-state index contributed by atoms with van der Waals surface area (Å²) in [6.45, 7) is 4.09. The lowest BCUT2D eigenvalue weighted by Crippen LogP contribution is -2.38. The van der Waals surface area contributed by atoms with Crippen LogP contribution < -0.4 is 0 Å². The zero-order valence-corrected chi connectivity index (χ0v) is 13.0. The maximum Gasteiger partial charge on any atom is 0.173 e. The largest absolute Gasteiger partial charge is 0.496 e. The average molecular weight is 284 g/mol. The van der Waals surface area contributed by atoms with Gasteiger partial charge in [-0.2, -0.15) is 0 Å². The molecule has 0 unspecified atom stereocenters. The summed E-state index contributed by atoms with van der Waals surface area (Å²) in [4.78, 5) is 12.7. The van der Waals surface area contributed by atoms with Crippen LogP contribution in [0.25, 0.3) is 5.57 Å². The molecule has 1 fully saturated rings. The highest BCUT2D eigenvalue weighted by atomic mass is 16.5. The number of rotatable bonds is 2. The van der Waals surface area contributed by atoms with Crippen LogP contribution >= 0.6 is 0 Å². The first-order valence-corrected chi connectivity index (χ1v) is 8.13. The van der Waals surface area contributed by atoms with E-state index in [1.165, 1.54) is 37.7 Å². The molecule has 112 valence electrons. The van der Waals surface area contributed by atoms with E-state index in [0.29, 0.717) is 5.92 Å². The summed E-state index contributed by atoms with van der Waals surface area (Å²) in [7, 11) is 0. The van der Waals surface area contributed by atoms with Crippen LogP contribution in [-0.4, -0.2) is 11.9 Å². The van der Waals surface area contributed by atoms with Crippen LogP contribution in [-0.2, 0) is 9.53 Å². The molecule has 0 amide bonds. The molecule has 0 radical (unpaired) electrons. The van der Waals surface area contributed by atoms with Crippen molar-refractivity contribution in [3.63, 3.8) is 0 Å². The van der Waals surface area contributed by atoms with Gasteiger partial charge in [0, 0.05) is 0 Å². The number of carbonyl (C=O) groups is 1. The van der Waals surface area contributed by atoms with E-state index in [4.69, 9.17) is 4.74 Å². The molecule has 1 aromatic rings. The molecule has 1 aliphatic carbocycles. The number of hydrogen-bond acceptors (Lipinski definition) is 2. The highest BCUT2D eigenvalue weighted by Gasteiger charge is 2.37. The van der Waals surface area contributed by atoms with E-state index in [-0.39, 0.29) is 17.8 Å². The lowest BCUT2D eigenvalue weighted by atomic mass is 9.77. The fourth-order valence-electron chi connectivity index (χ4n) is 3.64. The standard InChI is InChI=1S/C19H24O2/c1-13-8-10-15(11-9-13)17-12-21-19(14(2)18(17)20)16-6-4-3-5-7-16/h8-12,14,16,19H,3-7H2,1-2H3/t14-,19+/m1/s1. The molecular weight excluding hydrogens is 260 g/mol. The van der Waals surface area contributed by atoms with Gasteiger partial charge < -0.3 is 4.74 Å². The van der Waals surface area contributed by atoms with Gasteiger partial charge in [0.2, 0.25) is 0 Å². The number of Topliss-reactive ketones (excluding diaryl/α,β-unsaturated/α-hetero) is 1. The number of ketones is 1. The lowest BCUT2D eigenvalue weighted by molar-refractivity contribution is -0.124. The molecule has 21 heavy (non-hydrogen) atoms. The van der Waals surface area contributed by atoms with Gasteiger partial charge in [-0.05, 0) is 31.2 Å². The van der Waals surface area contributed by atoms with Crippen LogP contribution in [0.5, 0.6) is 0 Å². The molecule has 1 aliphatic heterocycles. The topological polar surface area (TPSA) is 26.3 Å². The number of ether oxygens (including phenoxy) is 1. The average Bonchev–Trinajstić information content (AvgIpc) is 2.52. The summed E-state index contributed by atoms with van der Waals surface area (Å²) < 4.78 is 6.01. The van der Waals surface area contributed by atoms with Crippen molar-refractivity contribution in [1.29, 1.82) is 0 Å². The second-order valence-electron chi connectivity index (χ2n) is 6.55. The van der Waals surface area contributed by atoms with Crippen LogP contribution in [0, 0.1) is 18.8 Å². The van der Waals surface area contributed by atoms with E-state index in [2.05, 4.69) is 6.92 Å². The van der Waals surface area contributed by atoms with Gasteiger partial charge >= 0.3 is 0 Å². The molecule has 0 spiro atoms. The summed E-state index contributed by atoms with van der Waals surface area (Å²) >= 11 is 0. The summed E-state index contributed by atoms with van der Waals surface area (Å²) in [5.74, 6) is 0.753. The van der Waals surface area contributed by atoms with Gasteiger partial charge in [-0.1, -0.05) is 56.0 Å². The first-order valence-electron chi connectivity index (χ1n) is 8.13. The number of hydrogen-bond donors (Lipinski definition) is 0. The van der Waals surface area contributed by atoms with Crippen LogP contribution in [0.3, 0.4) is 0 Å².